The summed E-state index contributed by atoms with van der Waals surface area (Å²) in [5.41, 5.74) is 0.106. The van der Waals surface area contributed by atoms with E-state index in [1.807, 2.05) is 4.68 Å². The van der Waals surface area contributed by atoms with Crippen LogP contribution in [0.2, 0.25) is 0 Å². The van der Waals surface area contributed by atoms with Gasteiger partial charge in [0.25, 0.3) is 0 Å². The fraction of sp³-hybridized carbons (Fsp3) is 0.824. The summed E-state index contributed by atoms with van der Waals surface area (Å²) in [7, 11) is 1.66. The SMILES string of the molecule is CCCn1ncc(OC)c1C1(O)CCCC(CC(C)C)C1. The lowest BCUT2D eigenvalue weighted by Crippen LogP contribution is -2.36. The van der Waals surface area contributed by atoms with Crippen molar-refractivity contribution in [1.82, 2.24) is 9.78 Å². The minimum Gasteiger partial charge on any atom is -0.493 e. The van der Waals surface area contributed by atoms with Crippen LogP contribution in [0.25, 0.3) is 0 Å². The molecule has 1 N–H and O–H groups in total. The molecule has 2 rings (SSSR count). The first-order valence-corrected chi connectivity index (χ1v) is 8.32. The van der Waals surface area contributed by atoms with E-state index in [2.05, 4.69) is 25.9 Å². The van der Waals surface area contributed by atoms with Crippen molar-refractivity contribution in [3.05, 3.63) is 11.9 Å². The van der Waals surface area contributed by atoms with E-state index in [9.17, 15) is 5.11 Å². The van der Waals surface area contributed by atoms with Crippen LogP contribution >= 0.6 is 0 Å². The minimum atomic E-state index is -0.783. The van der Waals surface area contributed by atoms with Crippen molar-refractivity contribution in [2.75, 3.05) is 7.11 Å². The highest BCUT2D eigenvalue weighted by atomic mass is 16.5. The average molecular weight is 294 g/mol. The molecule has 1 aromatic rings. The molecule has 0 aliphatic heterocycles. The molecular formula is C17H30N2O2. The zero-order valence-corrected chi connectivity index (χ0v) is 13.9. The van der Waals surface area contributed by atoms with Gasteiger partial charge in [-0.1, -0.05) is 27.2 Å². The lowest BCUT2D eigenvalue weighted by atomic mass is 9.73. The molecule has 0 aromatic carbocycles. The van der Waals surface area contributed by atoms with E-state index in [0.29, 0.717) is 11.8 Å². The molecule has 1 saturated carbocycles. The van der Waals surface area contributed by atoms with Crippen LogP contribution in [-0.2, 0) is 12.1 Å². The lowest BCUT2D eigenvalue weighted by Gasteiger charge is -2.38. The third kappa shape index (κ3) is 3.60. The Morgan fingerprint density at radius 1 is 1.52 bits per heavy atom. The molecule has 0 bridgehead atoms. The van der Waals surface area contributed by atoms with Gasteiger partial charge in [0, 0.05) is 6.54 Å². The van der Waals surface area contributed by atoms with E-state index in [4.69, 9.17) is 4.74 Å². The van der Waals surface area contributed by atoms with Crippen LogP contribution in [-0.4, -0.2) is 22.0 Å². The first kappa shape index (κ1) is 16.3. The minimum absolute atomic E-state index is 0.596. The average Bonchev–Trinajstić information content (AvgIpc) is 2.82. The molecule has 1 aromatic heterocycles. The maximum Gasteiger partial charge on any atom is 0.162 e. The first-order valence-electron chi connectivity index (χ1n) is 8.32. The smallest absolute Gasteiger partial charge is 0.162 e. The van der Waals surface area contributed by atoms with Gasteiger partial charge in [-0.2, -0.15) is 5.10 Å². The van der Waals surface area contributed by atoms with Gasteiger partial charge in [0.15, 0.2) is 5.75 Å². The third-order valence-electron chi connectivity index (χ3n) is 4.54. The molecule has 120 valence electrons. The van der Waals surface area contributed by atoms with Gasteiger partial charge in [-0.15, -0.1) is 0 Å². The van der Waals surface area contributed by atoms with Gasteiger partial charge < -0.3 is 9.84 Å². The van der Waals surface area contributed by atoms with Crippen molar-refractivity contribution in [3.63, 3.8) is 0 Å². The van der Waals surface area contributed by atoms with Crippen molar-refractivity contribution in [2.45, 2.75) is 71.4 Å². The molecule has 0 spiro atoms. The maximum atomic E-state index is 11.3. The van der Waals surface area contributed by atoms with Gasteiger partial charge in [-0.05, 0) is 43.9 Å². The van der Waals surface area contributed by atoms with Crippen molar-refractivity contribution in [2.24, 2.45) is 11.8 Å². The van der Waals surface area contributed by atoms with E-state index in [1.165, 1.54) is 12.8 Å². The summed E-state index contributed by atoms with van der Waals surface area (Å²) in [5.74, 6) is 2.01. The van der Waals surface area contributed by atoms with Crippen molar-refractivity contribution < 1.29 is 9.84 Å². The summed E-state index contributed by atoms with van der Waals surface area (Å²) < 4.78 is 7.40. The van der Waals surface area contributed by atoms with Crippen LogP contribution in [0.15, 0.2) is 6.20 Å². The second-order valence-electron chi connectivity index (χ2n) is 6.91. The molecule has 2 atom stereocenters. The number of hydrogen-bond donors (Lipinski definition) is 1. The molecule has 1 aliphatic rings. The van der Waals surface area contributed by atoms with Crippen LogP contribution in [0.4, 0.5) is 0 Å². The zero-order valence-electron chi connectivity index (χ0n) is 13.9. The summed E-state index contributed by atoms with van der Waals surface area (Å²) in [4.78, 5) is 0. The summed E-state index contributed by atoms with van der Waals surface area (Å²) in [6.45, 7) is 7.48. The normalized spacial score (nSPS) is 26.3. The van der Waals surface area contributed by atoms with Crippen molar-refractivity contribution >= 4 is 0 Å². The second-order valence-corrected chi connectivity index (χ2v) is 6.91. The number of nitrogens with zero attached hydrogens (tertiary/aromatic N) is 2. The van der Waals surface area contributed by atoms with Gasteiger partial charge >= 0.3 is 0 Å². The van der Waals surface area contributed by atoms with Gasteiger partial charge in [-0.3, -0.25) is 4.68 Å². The Labute approximate surface area is 128 Å². The second kappa shape index (κ2) is 6.82. The van der Waals surface area contributed by atoms with E-state index in [0.717, 1.165) is 43.7 Å². The Hall–Kier alpha value is -1.03. The van der Waals surface area contributed by atoms with E-state index < -0.39 is 5.60 Å². The Morgan fingerprint density at radius 2 is 2.29 bits per heavy atom. The molecule has 0 radical (unpaired) electrons. The van der Waals surface area contributed by atoms with Gasteiger partial charge in [-0.25, -0.2) is 0 Å². The Balaban J connectivity index is 2.27. The molecule has 21 heavy (non-hydrogen) atoms. The highest BCUT2D eigenvalue weighted by Gasteiger charge is 2.40. The van der Waals surface area contributed by atoms with Gasteiger partial charge in [0.1, 0.15) is 11.3 Å². The number of aryl methyl sites for hydroxylation is 1. The summed E-state index contributed by atoms with van der Waals surface area (Å²) >= 11 is 0. The van der Waals surface area contributed by atoms with Gasteiger partial charge in [0.05, 0.1) is 13.3 Å². The third-order valence-corrected chi connectivity index (χ3v) is 4.54. The molecule has 0 saturated heterocycles. The molecule has 4 heteroatoms. The molecule has 1 heterocycles. The number of aliphatic hydroxyl groups is 1. The molecule has 0 amide bonds. The van der Waals surface area contributed by atoms with Crippen molar-refractivity contribution in [1.29, 1.82) is 0 Å². The quantitative estimate of drug-likeness (QED) is 0.869. The predicted molar refractivity (Wildman–Crippen MR) is 84.4 cm³/mol. The van der Waals surface area contributed by atoms with E-state index in [-0.39, 0.29) is 0 Å². The summed E-state index contributed by atoms with van der Waals surface area (Å²) in [5, 5.41) is 15.7. The number of rotatable bonds is 6. The highest BCUT2D eigenvalue weighted by Crippen LogP contribution is 2.44. The van der Waals surface area contributed by atoms with Crippen molar-refractivity contribution in [3.8, 4) is 5.75 Å². The lowest BCUT2D eigenvalue weighted by molar-refractivity contribution is -0.0333. The van der Waals surface area contributed by atoms with Crippen LogP contribution in [0.1, 0.15) is 65.0 Å². The molecule has 1 fully saturated rings. The summed E-state index contributed by atoms with van der Waals surface area (Å²) in [6, 6.07) is 0. The van der Waals surface area contributed by atoms with Crippen LogP contribution in [0.5, 0.6) is 5.75 Å². The van der Waals surface area contributed by atoms with Gasteiger partial charge in [0.2, 0.25) is 0 Å². The molecule has 4 nitrogen and oxygen atoms in total. The topological polar surface area (TPSA) is 47.3 Å². The summed E-state index contributed by atoms with van der Waals surface area (Å²) in [6.07, 6.45) is 7.88. The fourth-order valence-electron chi connectivity index (χ4n) is 3.82. The fourth-order valence-corrected chi connectivity index (χ4v) is 3.82. The Kier molecular flexibility index (Phi) is 5.31. The number of aromatic nitrogens is 2. The van der Waals surface area contributed by atoms with E-state index >= 15 is 0 Å². The van der Waals surface area contributed by atoms with E-state index in [1.54, 1.807) is 13.3 Å². The molecule has 1 aliphatic carbocycles. The monoisotopic (exact) mass is 294 g/mol. The zero-order chi connectivity index (χ0) is 15.5. The largest absolute Gasteiger partial charge is 0.493 e. The first-order chi connectivity index (χ1) is 10.00. The highest BCUT2D eigenvalue weighted by molar-refractivity contribution is 5.31. The number of methoxy groups -OCH3 is 1. The van der Waals surface area contributed by atoms with Crippen LogP contribution in [0, 0.1) is 11.8 Å². The maximum absolute atomic E-state index is 11.3. The predicted octanol–water partition coefficient (Wildman–Crippen LogP) is 3.73. The Morgan fingerprint density at radius 3 is 2.90 bits per heavy atom. The Bertz CT molecular complexity index is 456. The standard InChI is InChI=1S/C17H30N2O2/c1-5-9-19-16(15(21-4)12-18-19)17(20)8-6-7-14(11-17)10-13(2)3/h12-14,20H,5-11H2,1-4H3. The molecule has 2 unspecified atom stereocenters. The van der Waals surface area contributed by atoms with Crippen LogP contribution < -0.4 is 4.74 Å². The number of hydrogen-bond acceptors (Lipinski definition) is 3. The number of ether oxygens (including phenoxy) is 1. The van der Waals surface area contributed by atoms with Crippen LogP contribution in [0.3, 0.4) is 0 Å². The molecular weight excluding hydrogens is 264 g/mol.